The third-order valence-corrected chi connectivity index (χ3v) is 4.52. The SMILES string of the molecule is CCCCOc1ccc(C2=N/C(=C\c3ccc(OC)c(OC)c3OC)C(=O)O2)cc1. The predicted octanol–water partition coefficient (Wildman–Crippen LogP) is 4.24. The van der Waals surface area contributed by atoms with Gasteiger partial charge in [0.15, 0.2) is 17.2 Å². The highest BCUT2D eigenvalue weighted by molar-refractivity contribution is 6.13. The van der Waals surface area contributed by atoms with E-state index in [4.69, 9.17) is 23.7 Å². The Morgan fingerprint density at radius 3 is 2.33 bits per heavy atom. The molecule has 0 amide bonds. The molecular formula is C23H25NO6. The minimum Gasteiger partial charge on any atom is -0.494 e. The molecular weight excluding hydrogens is 386 g/mol. The van der Waals surface area contributed by atoms with Crippen molar-refractivity contribution >= 4 is 17.9 Å². The zero-order valence-corrected chi connectivity index (χ0v) is 17.6. The minimum absolute atomic E-state index is 0.166. The Kier molecular flexibility index (Phi) is 6.95. The molecule has 0 saturated carbocycles. The number of carbonyl (C=O) groups is 1. The number of aliphatic imine (C=N–C) groups is 1. The Balaban J connectivity index is 1.86. The molecule has 0 unspecified atom stereocenters. The molecule has 1 aliphatic rings. The van der Waals surface area contributed by atoms with Gasteiger partial charge in [-0.15, -0.1) is 0 Å². The lowest BCUT2D eigenvalue weighted by molar-refractivity contribution is -0.129. The fraction of sp³-hybridized carbons (Fsp3) is 0.304. The summed E-state index contributed by atoms with van der Waals surface area (Å²) in [6.07, 6.45) is 3.67. The van der Waals surface area contributed by atoms with E-state index in [9.17, 15) is 4.79 Å². The molecule has 1 heterocycles. The Bertz CT molecular complexity index is 962. The van der Waals surface area contributed by atoms with E-state index in [-0.39, 0.29) is 11.6 Å². The van der Waals surface area contributed by atoms with Gasteiger partial charge >= 0.3 is 5.97 Å². The molecule has 0 spiro atoms. The minimum atomic E-state index is -0.537. The van der Waals surface area contributed by atoms with E-state index in [1.165, 1.54) is 14.2 Å². The summed E-state index contributed by atoms with van der Waals surface area (Å²) >= 11 is 0. The van der Waals surface area contributed by atoms with Crippen molar-refractivity contribution in [1.82, 2.24) is 0 Å². The molecule has 2 aromatic rings. The lowest BCUT2D eigenvalue weighted by Gasteiger charge is -2.14. The van der Waals surface area contributed by atoms with Gasteiger partial charge < -0.3 is 23.7 Å². The monoisotopic (exact) mass is 411 g/mol. The summed E-state index contributed by atoms with van der Waals surface area (Å²) in [5.74, 6) is 1.87. The van der Waals surface area contributed by atoms with Gasteiger partial charge in [-0.3, -0.25) is 0 Å². The van der Waals surface area contributed by atoms with Gasteiger partial charge in [0.2, 0.25) is 11.6 Å². The van der Waals surface area contributed by atoms with E-state index in [0.29, 0.717) is 35.0 Å². The number of carbonyl (C=O) groups excluding carboxylic acids is 1. The number of unbranched alkanes of at least 4 members (excludes halogenated alkanes) is 1. The maximum atomic E-state index is 12.4. The first-order valence-corrected chi connectivity index (χ1v) is 9.66. The van der Waals surface area contributed by atoms with Crippen molar-refractivity contribution in [3.8, 4) is 23.0 Å². The number of cyclic esters (lactones) is 1. The van der Waals surface area contributed by atoms with Crippen LogP contribution in [0.25, 0.3) is 6.08 Å². The van der Waals surface area contributed by atoms with Crippen LogP contribution in [0, 0.1) is 0 Å². The van der Waals surface area contributed by atoms with Crippen molar-refractivity contribution in [2.24, 2.45) is 4.99 Å². The van der Waals surface area contributed by atoms with Gasteiger partial charge in [0.25, 0.3) is 0 Å². The molecule has 7 nitrogen and oxygen atoms in total. The van der Waals surface area contributed by atoms with Crippen LogP contribution in [-0.2, 0) is 9.53 Å². The highest BCUT2D eigenvalue weighted by atomic mass is 16.6. The molecule has 1 aliphatic heterocycles. The maximum Gasteiger partial charge on any atom is 0.363 e. The Morgan fingerprint density at radius 2 is 1.70 bits per heavy atom. The van der Waals surface area contributed by atoms with E-state index in [1.807, 2.05) is 24.3 Å². The quantitative estimate of drug-likeness (QED) is 0.349. The molecule has 0 fully saturated rings. The average molecular weight is 411 g/mol. The number of rotatable bonds is 9. The molecule has 0 radical (unpaired) electrons. The summed E-state index contributed by atoms with van der Waals surface area (Å²) < 4.78 is 27.1. The van der Waals surface area contributed by atoms with Crippen LogP contribution in [0.5, 0.6) is 23.0 Å². The summed E-state index contributed by atoms with van der Waals surface area (Å²) in [4.78, 5) is 16.7. The van der Waals surface area contributed by atoms with Gasteiger partial charge in [0, 0.05) is 11.1 Å². The number of ether oxygens (including phenoxy) is 5. The number of hydrogen-bond donors (Lipinski definition) is 0. The van der Waals surface area contributed by atoms with Crippen LogP contribution >= 0.6 is 0 Å². The van der Waals surface area contributed by atoms with Crippen LogP contribution in [0.2, 0.25) is 0 Å². The molecule has 0 N–H and O–H groups in total. The third kappa shape index (κ3) is 4.56. The topological polar surface area (TPSA) is 75.6 Å². The van der Waals surface area contributed by atoms with Crippen LogP contribution in [-0.4, -0.2) is 39.8 Å². The second kappa shape index (κ2) is 9.82. The number of hydrogen-bond acceptors (Lipinski definition) is 7. The van der Waals surface area contributed by atoms with Gasteiger partial charge in [-0.2, -0.15) is 0 Å². The summed E-state index contributed by atoms with van der Waals surface area (Å²) in [5.41, 5.74) is 1.47. The third-order valence-electron chi connectivity index (χ3n) is 4.52. The van der Waals surface area contributed by atoms with Gasteiger partial charge in [-0.05, 0) is 48.9 Å². The molecule has 30 heavy (non-hydrogen) atoms. The van der Waals surface area contributed by atoms with Crippen LogP contribution in [0.4, 0.5) is 0 Å². The number of esters is 1. The maximum absolute atomic E-state index is 12.4. The van der Waals surface area contributed by atoms with Crippen molar-refractivity contribution in [1.29, 1.82) is 0 Å². The molecule has 0 aliphatic carbocycles. The van der Waals surface area contributed by atoms with Crippen molar-refractivity contribution in [3.05, 3.63) is 53.2 Å². The summed E-state index contributed by atoms with van der Waals surface area (Å²) in [6, 6.07) is 10.8. The van der Waals surface area contributed by atoms with Crippen molar-refractivity contribution in [2.45, 2.75) is 19.8 Å². The standard InChI is InChI=1S/C23H25NO6/c1-5-6-13-29-17-10-7-15(8-11-17)22-24-18(23(25)30-22)14-16-9-12-19(26-2)21(28-4)20(16)27-3/h7-12,14H,5-6,13H2,1-4H3/b18-14-. The van der Waals surface area contributed by atoms with E-state index >= 15 is 0 Å². The molecule has 0 atom stereocenters. The van der Waals surface area contributed by atoms with Gasteiger partial charge in [0.05, 0.1) is 27.9 Å². The van der Waals surface area contributed by atoms with E-state index < -0.39 is 5.97 Å². The van der Waals surface area contributed by atoms with Gasteiger partial charge in [-0.1, -0.05) is 13.3 Å². The number of methoxy groups -OCH3 is 3. The molecule has 0 aromatic heterocycles. The zero-order chi connectivity index (χ0) is 21.5. The van der Waals surface area contributed by atoms with E-state index in [0.717, 1.165) is 18.6 Å². The van der Waals surface area contributed by atoms with Crippen LogP contribution in [0.3, 0.4) is 0 Å². The van der Waals surface area contributed by atoms with Crippen molar-refractivity contribution < 1.29 is 28.5 Å². The number of benzene rings is 2. The summed E-state index contributed by atoms with van der Waals surface area (Å²) in [5, 5.41) is 0. The molecule has 2 aromatic carbocycles. The van der Waals surface area contributed by atoms with Gasteiger partial charge in [-0.25, -0.2) is 9.79 Å². The Labute approximate surface area is 175 Å². The normalized spacial score (nSPS) is 14.3. The molecule has 3 rings (SSSR count). The predicted molar refractivity (Wildman–Crippen MR) is 114 cm³/mol. The van der Waals surface area contributed by atoms with E-state index in [2.05, 4.69) is 11.9 Å². The van der Waals surface area contributed by atoms with Crippen LogP contribution in [0.15, 0.2) is 47.1 Å². The number of nitrogens with zero attached hydrogens (tertiary/aromatic N) is 1. The van der Waals surface area contributed by atoms with Crippen LogP contribution in [0.1, 0.15) is 30.9 Å². The molecule has 7 heteroatoms. The van der Waals surface area contributed by atoms with Crippen LogP contribution < -0.4 is 18.9 Å². The largest absolute Gasteiger partial charge is 0.494 e. The molecule has 158 valence electrons. The smallest absolute Gasteiger partial charge is 0.363 e. The Hall–Kier alpha value is -3.48. The van der Waals surface area contributed by atoms with Crippen molar-refractivity contribution in [3.63, 3.8) is 0 Å². The fourth-order valence-electron chi connectivity index (χ4n) is 2.95. The molecule has 0 saturated heterocycles. The lowest BCUT2D eigenvalue weighted by Crippen LogP contribution is -2.05. The first-order chi connectivity index (χ1) is 14.6. The first kappa shape index (κ1) is 21.2. The molecule has 0 bridgehead atoms. The first-order valence-electron chi connectivity index (χ1n) is 9.66. The Morgan fingerprint density at radius 1 is 0.967 bits per heavy atom. The van der Waals surface area contributed by atoms with Gasteiger partial charge in [0.1, 0.15) is 5.75 Å². The average Bonchev–Trinajstić information content (AvgIpc) is 3.14. The zero-order valence-electron chi connectivity index (χ0n) is 17.6. The highest BCUT2D eigenvalue weighted by Gasteiger charge is 2.25. The fourth-order valence-corrected chi connectivity index (χ4v) is 2.95. The highest BCUT2D eigenvalue weighted by Crippen LogP contribution is 2.40. The second-order valence-corrected chi connectivity index (χ2v) is 6.49. The van der Waals surface area contributed by atoms with E-state index in [1.54, 1.807) is 25.3 Å². The second-order valence-electron chi connectivity index (χ2n) is 6.49. The summed E-state index contributed by atoms with van der Waals surface area (Å²) in [7, 11) is 4.58. The summed E-state index contributed by atoms with van der Waals surface area (Å²) in [6.45, 7) is 2.79. The van der Waals surface area contributed by atoms with Crippen molar-refractivity contribution in [2.75, 3.05) is 27.9 Å². The lowest BCUT2D eigenvalue weighted by atomic mass is 10.1.